The van der Waals surface area contributed by atoms with Gasteiger partial charge in [-0.1, -0.05) is 91.6 Å². The molecule has 3 aromatic carbocycles. The van der Waals surface area contributed by atoms with Gasteiger partial charge in [0.25, 0.3) is 0 Å². The summed E-state index contributed by atoms with van der Waals surface area (Å²) in [5.74, 6) is 0.196. The Balaban J connectivity index is 1.41. The van der Waals surface area contributed by atoms with Gasteiger partial charge in [0, 0.05) is 18.1 Å². The fourth-order valence-electron chi connectivity index (χ4n) is 6.60. The lowest BCUT2D eigenvalue weighted by atomic mass is 9.93. The van der Waals surface area contributed by atoms with Crippen molar-refractivity contribution in [3.05, 3.63) is 117 Å². The minimum Gasteiger partial charge on any atom is -0.488 e. The predicted octanol–water partition coefficient (Wildman–Crippen LogP) is 10.7. The fraction of sp³-hybridized carbons (Fsp3) is 0.381. The summed E-state index contributed by atoms with van der Waals surface area (Å²) < 4.78 is 12.8. The van der Waals surface area contributed by atoms with Gasteiger partial charge in [-0.25, -0.2) is 0 Å². The highest BCUT2D eigenvalue weighted by Gasteiger charge is 2.19. The molecule has 1 N–H and O–H groups in total. The molecule has 2 aliphatic rings. The third-order valence-corrected chi connectivity index (χ3v) is 9.82. The quantitative estimate of drug-likeness (QED) is 0.293. The minimum atomic E-state index is -0.745. The second-order valence-electron chi connectivity index (χ2n) is 13.0. The summed E-state index contributed by atoms with van der Waals surface area (Å²) in [6.07, 6.45) is 16.5. The van der Waals surface area contributed by atoms with E-state index in [-0.39, 0.29) is 12.4 Å². The van der Waals surface area contributed by atoms with E-state index in [0.717, 1.165) is 66.4 Å². The average Bonchev–Trinajstić information content (AvgIpc) is 3.05. The van der Waals surface area contributed by atoms with Gasteiger partial charge in [0.1, 0.15) is 24.7 Å². The zero-order valence-corrected chi connectivity index (χ0v) is 29.0. The molecule has 5 rings (SSSR count). The van der Waals surface area contributed by atoms with Crippen molar-refractivity contribution < 1.29 is 24.2 Å². The summed E-state index contributed by atoms with van der Waals surface area (Å²) in [5.41, 5.74) is 8.41. The maximum Gasteiger partial charge on any atom is 0.306 e. The molecule has 48 heavy (non-hydrogen) atoms. The Hall–Kier alpha value is -4.09. The van der Waals surface area contributed by atoms with Gasteiger partial charge in [0.05, 0.1) is 10.9 Å². The van der Waals surface area contributed by atoms with Crippen molar-refractivity contribution in [3.8, 4) is 22.6 Å². The highest BCUT2D eigenvalue weighted by molar-refractivity contribution is 6.32. The summed E-state index contributed by atoms with van der Waals surface area (Å²) in [6.45, 7) is 4.87. The lowest BCUT2D eigenvalue weighted by molar-refractivity contribution is -0.142. The molecule has 0 fully saturated rings. The second kappa shape index (κ2) is 17.3. The standard InChI is InChI=1S/C42H47ClO5/c1-29-14-10-11-21-36(29)37-22-13-20-35(30(37)2)28-48-41-26-40-34(25-38(41)43)19-12-18-32(42(45)46)16-7-3-4-9-23-39(44)33-17-8-5-6-15-31(24-33)27-47-40/h6,10-11,13-15,17,20-22,24-26,32H,3-5,7-9,12,16,18-19,23,27-28H2,1-2H3,(H,45,46)/b15-6+,31-24+,33-17+. The van der Waals surface area contributed by atoms with Crippen LogP contribution in [0.15, 0.2) is 90.0 Å². The number of aryl methyl sites for hydroxylation is 2. The van der Waals surface area contributed by atoms with E-state index in [9.17, 15) is 14.7 Å². The number of aliphatic carboxylic acids is 1. The molecule has 2 bridgehead atoms. The number of carboxylic acids is 1. The smallest absolute Gasteiger partial charge is 0.306 e. The lowest BCUT2D eigenvalue weighted by Crippen LogP contribution is -2.14. The molecule has 0 spiro atoms. The molecule has 5 nitrogen and oxygen atoms in total. The van der Waals surface area contributed by atoms with E-state index in [0.29, 0.717) is 55.2 Å². The molecule has 6 heteroatoms. The Kier molecular flexibility index (Phi) is 12.7. The molecule has 1 heterocycles. The van der Waals surface area contributed by atoms with Gasteiger partial charge < -0.3 is 14.6 Å². The molecule has 0 aromatic heterocycles. The number of carbonyl (C=O) groups excluding carboxylic acids is 1. The zero-order valence-electron chi connectivity index (χ0n) is 28.2. The van der Waals surface area contributed by atoms with E-state index in [4.69, 9.17) is 21.1 Å². The Morgan fingerprint density at radius 3 is 2.56 bits per heavy atom. The number of Topliss-reactive ketones (excluding diaryl/α,β-unsaturated/α-hetero) is 1. The number of benzene rings is 3. The van der Waals surface area contributed by atoms with Crippen molar-refractivity contribution in [2.45, 2.75) is 91.1 Å². The fourth-order valence-corrected chi connectivity index (χ4v) is 6.85. The number of carbonyl (C=O) groups is 2. The van der Waals surface area contributed by atoms with Crippen LogP contribution in [0.5, 0.6) is 11.5 Å². The van der Waals surface area contributed by atoms with Crippen molar-refractivity contribution in [2.24, 2.45) is 5.92 Å². The van der Waals surface area contributed by atoms with Gasteiger partial charge in [-0.3, -0.25) is 9.59 Å². The largest absolute Gasteiger partial charge is 0.488 e. The first-order valence-electron chi connectivity index (χ1n) is 17.4. The van der Waals surface area contributed by atoms with Crippen molar-refractivity contribution in [2.75, 3.05) is 6.61 Å². The van der Waals surface area contributed by atoms with Gasteiger partial charge in [0.15, 0.2) is 5.78 Å². The van der Waals surface area contributed by atoms with Crippen LogP contribution in [0, 0.1) is 19.8 Å². The van der Waals surface area contributed by atoms with Gasteiger partial charge in [-0.05, 0) is 110 Å². The lowest BCUT2D eigenvalue weighted by Gasteiger charge is -2.18. The molecular weight excluding hydrogens is 620 g/mol. The third-order valence-electron chi connectivity index (χ3n) is 9.52. The predicted molar refractivity (Wildman–Crippen MR) is 194 cm³/mol. The van der Waals surface area contributed by atoms with Crippen LogP contribution in [-0.4, -0.2) is 23.5 Å². The number of hydrogen-bond donors (Lipinski definition) is 1. The van der Waals surface area contributed by atoms with E-state index in [1.54, 1.807) is 0 Å². The Bertz CT molecular complexity index is 1700. The number of ether oxygens (including phenoxy) is 2. The molecular formula is C42H47ClO5. The van der Waals surface area contributed by atoms with Crippen LogP contribution in [0.1, 0.15) is 86.5 Å². The van der Waals surface area contributed by atoms with Crippen LogP contribution < -0.4 is 9.47 Å². The number of rotatable bonds is 5. The van der Waals surface area contributed by atoms with Crippen LogP contribution in [0.25, 0.3) is 11.1 Å². The molecule has 1 aliphatic heterocycles. The van der Waals surface area contributed by atoms with Gasteiger partial charge in [-0.15, -0.1) is 0 Å². The molecule has 0 radical (unpaired) electrons. The van der Waals surface area contributed by atoms with Gasteiger partial charge in [0.2, 0.25) is 0 Å². The molecule has 1 aliphatic carbocycles. The topological polar surface area (TPSA) is 72.8 Å². The first-order chi connectivity index (χ1) is 23.3. The highest BCUT2D eigenvalue weighted by atomic mass is 35.5. The SMILES string of the molecule is Cc1ccccc1-c1cccc(COc2cc3c(cc2Cl)CCCC(C(=O)O)CCCCCCC(=O)C2=C/CC/C=C/C(=C\2)CO3)c1C. The Morgan fingerprint density at radius 2 is 1.73 bits per heavy atom. The minimum absolute atomic E-state index is 0.150. The van der Waals surface area contributed by atoms with E-state index in [1.165, 1.54) is 16.7 Å². The Morgan fingerprint density at radius 1 is 0.938 bits per heavy atom. The van der Waals surface area contributed by atoms with Gasteiger partial charge >= 0.3 is 5.97 Å². The number of fused-ring (bicyclic) bond motifs is 2. The van der Waals surface area contributed by atoms with E-state index >= 15 is 0 Å². The first-order valence-corrected chi connectivity index (χ1v) is 17.7. The van der Waals surface area contributed by atoms with E-state index in [2.05, 4.69) is 62.4 Å². The second-order valence-corrected chi connectivity index (χ2v) is 13.4. The van der Waals surface area contributed by atoms with Crippen LogP contribution >= 0.6 is 11.6 Å². The molecule has 0 amide bonds. The summed E-state index contributed by atoms with van der Waals surface area (Å²) in [4.78, 5) is 25.2. The maximum atomic E-state index is 13.1. The first kappa shape index (κ1) is 35.2. The van der Waals surface area contributed by atoms with Crippen LogP contribution in [0.4, 0.5) is 0 Å². The van der Waals surface area contributed by atoms with Gasteiger partial charge in [-0.2, -0.15) is 0 Å². The number of allylic oxidation sites excluding steroid dienone is 4. The molecule has 3 aromatic rings. The van der Waals surface area contributed by atoms with Crippen LogP contribution in [-0.2, 0) is 22.6 Å². The normalized spacial score (nSPS) is 21.0. The summed E-state index contributed by atoms with van der Waals surface area (Å²) in [7, 11) is 0. The molecule has 1 atom stereocenters. The maximum absolute atomic E-state index is 13.1. The van der Waals surface area contributed by atoms with E-state index < -0.39 is 11.9 Å². The van der Waals surface area contributed by atoms with Crippen molar-refractivity contribution >= 4 is 23.4 Å². The molecule has 0 saturated heterocycles. The van der Waals surface area contributed by atoms with Crippen molar-refractivity contribution in [1.29, 1.82) is 0 Å². The third kappa shape index (κ3) is 9.50. The van der Waals surface area contributed by atoms with Crippen molar-refractivity contribution in [1.82, 2.24) is 0 Å². The van der Waals surface area contributed by atoms with Crippen LogP contribution in [0.3, 0.4) is 0 Å². The summed E-state index contributed by atoms with van der Waals surface area (Å²) in [5, 5.41) is 10.4. The van der Waals surface area contributed by atoms with E-state index in [1.807, 2.05) is 30.4 Å². The number of hydrogen-bond acceptors (Lipinski definition) is 4. The molecule has 0 saturated carbocycles. The monoisotopic (exact) mass is 666 g/mol. The number of carboxylic acid groups (broad SMARTS) is 1. The zero-order chi connectivity index (χ0) is 33.9. The number of halogens is 1. The highest BCUT2D eigenvalue weighted by Crippen LogP contribution is 2.36. The average molecular weight is 667 g/mol. The van der Waals surface area contributed by atoms with Crippen LogP contribution in [0.2, 0.25) is 5.02 Å². The molecule has 1 unspecified atom stereocenters. The van der Waals surface area contributed by atoms with Crippen molar-refractivity contribution in [3.63, 3.8) is 0 Å². The molecule has 252 valence electrons. The Labute approximate surface area is 290 Å². The summed E-state index contributed by atoms with van der Waals surface area (Å²) >= 11 is 6.84. The number of ketones is 1. The summed E-state index contributed by atoms with van der Waals surface area (Å²) in [6, 6.07) is 18.4.